The maximum Gasteiger partial charge on any atom is 0.241 e. The number of aryl methyl sites for hydroxylation is 1. The Balaban J connectivity index is 1.54. The molecule has 0 unspecified atom stereocenters. The number of carbonyl (C=O) groups is 4. The molecule has 3 aromatic carbocycles. The van der Waals surface area contributed by atoms with Crippen molar-refractivity contribution in [2.24, 2.45) is 11.8 Å². The fraction of sp³-hybridized carbons (Fsp3) is 0.185. The van der Waals surface area contributed by atoms with Crippen LogP contribution in [-0.2, 0) is 14.3 Å². The van der Waals surface area contributed by atoms with Crippen LogP contribution >= 0.6 is 11.6 Å². The summed E-state index contributed by atoms with van der Waals surface area (Å²) in [5.74, 6) is -5.88. The van der Waals surface area contributed by atoms with Crippen LogP contribution in [0.1, 0.15) is 37.9 Å². The number of anilines is 1. The lowest BCUT2D eigenvalue weighted by molar-refractivity contribution is -0.127. The predicted molar refractivity (Wildman–Crippen MR) is 124 cm³/mol. The van der Waals surface area contributed by atoms with E-state index in [4.69, 9.17) is 16.3 Å². The van der Waals surface area contributed by atoms with Gasteiger partial charge < -0.3 is 4.74 Å². The number of fused-ring (bicyclic) bond motifs is 3. The number of nitrogens with zero attached hydrogens (tertiary/aromatic N) is 1. The number of imide groups is 1. The second kappa shape index (κ2) is 7.41. The third-order valence-electron chi connectivity index (χ3n) is 7.09. The van der Waals surface area contributed by atoms with Crippen molar-refractivity contribution in [3.63, 3.8) is 0 Å². The minimum Gasteiger partial charge on any atom is -0.349 e. The van der Waals surface area contributed by atoms with E-state index >= 15 is 0 Å². The number of ketones is 2. The number of carbonyl (C=O) groups excluding carboxylic acids is 4. The molecular formula is C27H17ClFNO5. The number of benzene rings is 3. The molecule has 1 aliphatic carbocycles. The van der Waals surface area contributed by atoms with Crippen LogP contribution in [0.15, 0.2) is 66.7 Å². The molecule has 0 aromatic heterocycles. The first-order valence-corrected chi connectivity index (χ1v) is 11.4. The van der Waals surface area contributed by atoms with E-state index in [1.54, 1.807) is 24.3 Å². The number of hydrogen-bond donors (Lipinski definition) is 0. The molecule has 174 valence electrons. The van der Waals surface area contributed by atoms with Crippen LogP contribution < -0.4 is 4.90 Å². The number of amides is 2. The Hall–Kier alpha value is -3.68. The van der Waals surface area contributed by atoms with Crippen LogP contribution in [0.5, 0.6) is 0 Å². The van der Waals surface area contributed by atoms with Gasteiger partial charge in [0.05, 0.1) is 28.6 Å². The molecule has 0 bridgehead atoms. The molecular weight excluding hydrogens is 473 g/mol. The van der Waals surface area contributed by atoms with E-state index in [2.05, 4.69) is 0 Å². The minimum absolute atomic E-state index is 0.0639. The maximum atomic E-state index is 13.8. The summed E-state index contributed by atoms with van der Waals surface area (Å²) in [6.45, 7) is 1.90. The van der Waals surface area contributed by atoms with Gasteiger partial charge in [-0.15, -0.1) is 0 Å². The predicted octanol–water partition coefficient (Wildman–Crippen LogP) is 4.48. The van der Waals surface area contributed by atoms with Gasteiger partial charge in [0.25, 0.3) is 0 Å². The quantitative estimate of drug-likeness (QED) is 0.391. The van der Waals surface area contributed by atoms with Crippen molar-refractivity contribution in [1.29, 1.82) is 0 Å². The van der Waals surface area contributed by atoms with Crippen molar-refractivity contribution in [3.8, 4) is 0 Å². The Labute approximate surface area is 204 Å². The van der Waals surface area contributed by atoms with E-state index < -0.39 is 52.7 Å². The molecule has 2 saturated heterocycles. The lowest BCUT2D eigenvalue weighted by Crippen LogP contribution is -2.51. The van der Waals surface area contributed by atoms with Gasteiger partial charge in [0.2, 0.25) is 29.0 Å². The standard InChI is InChI=1S/C27H17ClFNO5/c1-13-6-8-14(9-7-13)22-20-21(26(34)30(25(20)33)15-10-11-19(29)18(28)12-15)27(35-22)23(31)16-4-2-3-5-17(16)24(27)32/h2-12,20-22H,1H3/t20-,21-,22+/m1/s1. The minimum atomic E-state index is -2.16. The molecule has 3 atom stereocenters. The van der Waals surface area contributed by atoms with Crippen molar-refractivity contribution in [2.45, 2.75) is 18.6 Å². The molecule has 6 rings (SSSR count). The molecule has 2 heterocycles. The smallest absolute Gasteiger partial charge is 0.241 e. The molecule has 2 amide bonds. The van der Waals surface area contributed by atoms with Crippen molar-refractivity contribution in [2.75, 3.05) is 4.90 Å². The van der Waals surface area contributed by atoms with E-state index in [9.17, 15) is 23.6 Å². The SMILES string of the molecule is Cc1ccc([C@@H]2OC3(C(=O)c4ccccc4C3=O)[C@H]3C(=O)N(c4ccc(F)c(Cl)c4)C(=O)[C@@H]23)cc1. The van der Waals surface area contributed by atoms with Crippen LogP contribution in [-0.4, -0.2) is 29.0 Å². The van der Waals surface area contributed by atoms with Crippen LogP contribution in [0.4, 0.5) is 10.1 Å². The first-order valence-electron chi connectivity index (χ1n) is 11.0. The lowest BCUT2D eigenvalue weighted by atomic mass is 9.77. The number of Topliss-reactive ketones (excluding diaryl/α,β-unsaturated/α-hetero) is 2. The molecule has 3 aliphatic rings. The molecule has 8 heteroatoms. The highest BCUT2D eigenvalue weighted by atomic mass is 35.5. The third kappa shape index (κ3) is 2.79. The Bertz CT molecular complexity index is 1430. The first-order chi connectivity index (χ1) is 16.8. The van der Waals surface area contributed by atoms with Gasteiger partial charge in [0.1, 0.15) is 5.82 Å². The molecule has 0 saturated carbocycles. The molecule has 0 radical (unpaired) electrons. The summed E-state index contributed by atoms with van der Waals surface area (Å²) >= 11 is 5.92. The Kier molecular flexibility index (Phi) is 4.62. The van der Waals surface area contributed by atoms with Gasteiger partial charge in [0.15, 0.2) is 0 Å². The zero-order chi connectivity index (χ0) is 24.6. The highest BCUT2D eigenvalue weighted by molar-refractivity contribution is 6.37. The van der Waals surface area contributed by atoms with Gasteiger partial charge in [-0.25, -0.2) is 9.29 Å². The summed E-state index contributed by atoms with van der Waals surface area (Å²) in [6.07, 6.45) is -1.01. The Morgan fingerprint density at radius 3 is 2.11 bits per heavy atom. The van der Waals surface area contributed by atoms with Gasteiger partial charge in [-0.1, -0.05) is 65.7 Å². The highest BCUT2D eigenvalue weighted by Gasteiger charge is 2.74. The average molecular weight is 490 g/mol. The molecule has 2 fully saturated rings. The zero-order valence-corrected chi connectivity index (χ0v) is 19.1. The van der Waals surface area contributed by atoms with Crippen molar-refractivity contribution < 1.29 is 28.3 Å². The topological polar surface area (TPSA) is 80.8 Å². The van der Waals surface area contributed by atoms with Gasteiger partial charge in [0, 0.05) is 11.1 Å². The zero-order valence-electron chi connectivity index (χ0n) is 18.3. The fourth-order valence-corrected chi connectivity index (χ4v) is 5.63. The summed E-state index contributed by atoms with van der Waals surface area (Å²) in [5.41, 5.74) is -0.244. The summed E-state index contributed by atoms with van der Waals surface area (Å²) in [6, 6.07) is 16.9. The monoisotopic (exact) mass is 489 g/mol. The van der Waals surface area contributed by atoms with E-state index in [1.165, 1.54) is 24.3 Å². The molecule has 2 aliphatic heterocycles. The van der Waals surface area contributed by atoms with Gasteiger partial charge in [-0.2, -0.15) is 0 Å². The highest BCUT2D eigenvalue weighted by Crippen LogP contribution is 2.57. The van der Waals surface area contributed by atoms with Crippen molar-refractivity contribution in [1.82, 2.24) is 0 Å². The molecule has 35 heavy (non-hydrogen) atoms. The second-order valence-electron chi connectivity index (χ2n) is 9.00. The number of rotatable bonds is 2. The molecule has 3 aromatic rings. The second-order valence-corrected chi connectivity index (χ2v) is 9.41. The Morgan fingerprint density at radius 2 is 1.51 bits per heavy atom. The third-order valence-corrected chi connectivity index (χ3v) is 7.38. The number of hydrogen-bond acceptors (Lipinski definition) is 5. The van der Waals surface area contributed by atoms with Gasteiger partial charge >= 0.3 is 0 Å². The summed E-state index contributed by atoms with van der Waals surface area (Å²) in [7, 11) is 0. The number of halogens is 2. The maximum absolute atomic E-state index is 13.8. The van der Waals surface area contributed by atoms with E-state index in [-0.39, 0.29) is 21.8 Å². The largest absolute Gasteiger partial charge is 0.349 e. The van der Waals surface area contributed by atoms with E-state index in [0.29, 0.717) is 5.56 Å². The lowest BCUT2D eigenvalue weighted by Gasteiger charge is -2.27. The van der Waals surface area contributed by atoms with Crippen LogP contribution in [0.25, 0.3) is 0 Å². The molecule has 6 nitrogen and oxygen atoms in total. The Morgan fingerprint density at radius 1 is 0.886 bits per heavy atom. The number of ether oxygens (including phenoxy) is 1. The van der Waals surface area contributed by atoms with Crippen molar-refractivity contribution in [3.05, 3.63) is 99.8 Å². The van der Waals surface area contributed by atoms with E-state index in [1.807, 2.05) is 19.1 Å². The van der Waals surface area contributed by atoms with Crippen LogP contribution in [0.2, 0.25) is 5.02 Å². The fourth-order valence-electron chi connectivity index (χ4n) is 5.45. The summed E-state index contributed by atoms with van der Waals surface area (Å²) in [5, 5.41) is -0.262. The first kappa shape index (κ1) is 21.8. The van der Waals surface area contributed by atoms with Gasteiger partial charge in [-0.3, -0.25) is 19.2 Å². The van der Waals surface area contributed by atoms with E-state index in [0.717, 1.165) is 16.5 Å². The normalized spacial score (nSPS) is 24.4. The average Bonchev–Trinajstić information content (AvgIpc) is 3.41. The van der Waals surface area contributed by atoms with Crippen molar-refractivity contribution >= 4 is 40.7 Å². The molecule has 0 N–H and O–H groups in total. The molecule has 1 spiro atoms. The summed E-state index contributed by atoms with van der Waals surface area (Å²) < 4.78 is 20.0. The van der Waals surface area contributed by atoms with Crippen LogP contribution in [0, 0.1) is 24.6 Å². The van der Waals surface area contributed by atoms with Gasteiger partial charge in [-0.05, 0) is 30.7 Å². The summed E-state index contributed by atoms with van der Waals surface area (Å²) in [4.78, 5) is 55.8. The van der Waals surface area contributed by atoms with Crippen LogP contribution in [0.3, 0.4) is 0 Å².